The van der Waals surface area contributed by atoms with Crippen molar-refractivity contribution in [3.05, 3.63) is 23.9 Å². The molecule has 1 unspecified atom stereocenters. The molecule has 3 N–H and O–H groups in total. The number of nitrogens with zero attached hydrogens (tertiary/aromatic N) is 2. The highest BCUT2D eigenvalue weighted by atomic mass is 32.1. The van der Waals surface area contributed by atoms with Crippen molar-refractivity contribution in [1.82, 2.24) is 4.98 Å². The lowest BCUT2D eigenvalue weighted by Crippen LogP contribution is -2.28. The average Bonchev–Trinajstić information content (AvgIpc) is 2.17. The Kier molecular flexibility index (Phi) is 3.99. The first-order valence-electron chi connectivity index (χ1n) is 4.66. The van der Waals surface area contributed by atoms with Crippen LogP contribution in [0.3, 0.4) is 0 Å². The summed E-state index contributed by atoms with van der Waals surface area (Å²) in [5, 5.41) is 9.24. The summed E-state index contributed by atoms with van der Waals surface area (Å²) in [6.45, 7) is 2.25. The Balaban J connectivity index is 2.85. The summed E-state index contributed by atoms with van der Waals surface area (Å²) in [4.78, 5) is 6.41. The van der Waals surface area contributed by atoms with Crippen molar-refractivity contribution in [3.8, 4) is 0 Å². The van der Waals surface area contributed by atoms with Crippen molar-refractivity contribution in [3.63, 3.8) is 0 Å². The van der Waals surface area contributed by atoms with Crippen molar-refractivity contribution >= 4 is 23.0 Å². The van der Waals surface area contributed by atoms with E-state index in [2.05, 4.69) is 4.98 Å². The molecular formula is C10H15N3OS. The Morgan fingerprint density at radius 3 is 2.87 bits per heavy atom. The van der Waals surface area contributed by atoms with Gasteiger partial charge in [0, 0.05) is 13.6 Å². The van der Waals surface area contributed by atoms with Crippen LogP contribution in [0.25, 0.3) is 0 Å². The van der Waals surface area contributed by atoms with Crippen LogP contribution >= 0.6 is 12.2 Å². The monoisotopic (exact) mass is 225 g/mol. The molecule has 1 aromatic heterocycles. The lowest BCUT2D eigenvalue weighted by Gasteiger charge is -2.20. The summed E-state index contributed by atoms with van der Waals surface area (Å²) >= 11 is 4.84. The summed E-state index contributed by atoms with van der Waals surface area (Å²) in [7, 11) is 1.86. The van der Waals surface area contributed by atoms with Gasteiger partial charge in [-0.25, -0.2) is 4.98 Å². The number of hydrogen-bond donors (Lipinski definition) is 2. The number of hydrogen-bond acceptors (Lipinski definition) is 4. The summed E-state index contributed by atoms with van der Waals surface area (Å²) in [6.07, 6.45) is -0.398. The van der Waals surface area contributed by atoms with Crippen molar-refractivity contribution in [2.45, 2.75) is 13.0 Å². The molecule has 15 heavy (non-hydrogen) atoms. The summed E-state index contributed by atoms with van der Waals surface area (Å²) in [5.74, 6) is 0.751. The average molecular weight is 225 g/mol. The second kappa shape index (κ2) is 5.04. The van der Waals surface area contributed by atoms with Crippen LogP contribution in [0.1, 0.15) is 12.6 Å². The van der Waals surface area contributed by atoms with E-state index in [1.165, 1.54) is 0 Å². The molecule has 0 saturated heterocycles. The number of nitrogens with two attached hydrogens (primary N) is 1. The topological polar surface area (TPSA) is 62.4 Å². The smallest absolute Gasteiger partial charge is 0.129 e. The predicted octanol–water partition coefficient (Wildman–Crippen LogP) is 0.533. The van der Waals surface area contributed by atoms with Gasteiger partial charge in [-0.15, -0.1) is 0 Å². The number of likely N-dealkylation sites (N-methyl/N-ethyl adjacent to an activating group) is 1. The van der Waals surface area contributed by atoms with Crippen LogP contribution in [-0.2, 0) is 0 Å². The third-order valence-corrected chi connectivity index (χ3v) is 2.13. The Morgan fingerprint density at radius 2 is 2.33 bits per heavy atom. The molecule has 1 atom stereocenters. The number of aromatic nitrogens is 1. The second-order valence-electron chi connectivity index (χ2n) is 3.47. The molecule has 0 aromatic carbocycles. The first-order valence-corrected chi connectivity index (χ1v) is 5.07. The number of aliphatic hydroxyl groups excluding tert-OH is 1. The van der Waals surface area contributed by atoms with Crippen LogP contribution in [0.2, 0.25) is 0 Å². The Morgan fingerprint density at radius 1 is 1.67 bits per heavy atom. The Labute approximate surface area is 94.7 Å². The maximum absolute atomic E-state index is 9.24. The van der Waals surface area contributed by atoms with Gasteiger partial charge in [-0.1, -0.05) is 18.3 Å². The fraction of sp³-hybridized carbons (Fsp3) is 0.400. The van der Waals surface area contributed by atoms with E-state index in [1.807, 2.05) is 24.1 Å². The van der Waals surface area contributed by atoms with Gasteiger partial charge in [0.05, 0.1) is 11.8 Å². The van der Waals surface area contributed by atoms with E-state index in [4.69, 9.17) is 18.0 Å². The van der Waals surface area contributed by atoms with E-state index in [1.54, 1.807) is 13.0 Å². The van der Waals surface area contributed by atoms with Gasteiger partial charge in [-0.3, -0.25) is 0 Å². The summed E-state index contributed by atoms with van der Waals surface area (Å²) < 4.78 is 0. The molecular weight excluding hydrogens is 210 g/mol. The molecule has 0 saturated carbocycles. The molecule has 0 bridgehead atoms. The molecule has 0 aliphatic rings. The van der Waals surface area contributed by atoms with Crippen LogP contribution < -0.4 is 10.6 Å². The van der Waals surface area contributed by atoms with Gasteiger partial charge in [-0.2, -0.15) is 0 Å². The van der Waals surface area contributed by atoms with Gasteiger partial charge in [0.1, 0.15) is 10.8 Å². The molecule has 0 spiro atoms. The SMILES string of the molecule is CC(O)CN(C)c1cccc(C(N)=S)n1. The van der Waals surface area contributed by atoms with Crippen LogP contribution in [0, 0.1) is 0 Å². The fourth-order valence-corrected chi connectivity index (χ4v) is 1.38. The second-order valence-corrected chi connectivity index (χ2v) is 3.91. The summed E-state index contributed by atoms with van der Waals surface area (Å²) in [5.41, 5.74) is 6.08. The van der Waals surface area contributed by atoms with Crippen molar-refractivity contribution in [1.29, 1.82) is 0 Å². The first-order chi connectivity index (χ1) is 7.00. The van der Waals surface area contributed by atoms with Crippen LogP contribution in [0.4, 0.5) is 5.82 Å². The van der Waals surface area contributed by atoms with Crippen LogP contribution in [0.15, 0.2) is 18.2 Å². The molecule has 5 heteroatoms. The van der Waals surface area contributed by atoms with Gasteiger partial charge >= 0.3 is 0 Å². The zero-order valence-corrected chi connectivity index (χ0v) is 9.66. The number of aliphatic hydroxyl groups is 1. The summed E-state index contributed by atoms with van der Waals surface area (Å²) in [6, 6.07) is 5.46. The van der Waals surface area contributed by atoms with Gasteiger partial charge in [-0.05, 0) is 19.1 Å². The van der Waals surface area contributed by atoms with E-state index in [9.17, 15) is 5.11 Å². The minimum Gasteiger partial charge on any atom is -0.392 e. The zero-order valence-electron chi connectivity index (χ0n) is 8.84. The highest BCUT2D eigenvalue weighted by molar-refractivity contribution is 7.80. The van der Waals surface area contributed by atoms with Crippen LogP contribution in [0.5, 0.6) is 0 Å². The highest BCUT2D eigenvalue weighted by Gasteiger charge is 2.07. The molecule has 4 nitrogen and oxygen atoms in total. The molecule has 1 rings (SSSR count). The predicted molar refractivity (Wildman–Crippen MR) is 65.1 cm³/mol. The molecule has 0 fully saturated rings. The quantitative estimate of drug-likeness (QED) is 0.732. The molecule has 0 aliphatic carbocycles. The van der Waals surface area contributed by atoms with Crippen LogP contribution in [-0.4, -0.2) is 34.8 Å². The lowest BCUT2D eigenvalue weighted by molar-refractivity contribution is 0.201. The van der Waals surface area contributed by atoms with Gasteiger partial charge < -0.3 is 15.7 Å². The van der Waals surface area contributed by atoms with E-state index < -0.39 is 6.10 Å². The third-order valence-electron chi connectivity index (χ3n) is 1.92. The first kappa shape index (κ1) is 11.9. The van der Waals surface area contributed by atoms with Gasteiger partial charge in [0.25, 0.3) is 0 Å². The zero-order chi connectivity index (χ0) is 11.4. The minimum atomic E-state index is -0.398. The largest absolute Gasteiger partial charge is 0.392 e. The standard InChI is InChI=1S/C10H15N3OS/c1-7(14)6-13(2)9-5-3-4-8(12-9)10(11)15/h3-5,7,14H,6H2,1-2H3,(H2,11,15). The number of anilines is 1. The maximum Gasteiger partial charge on any atom is 0.129 e. The molecule has 82 valence electrons. The molecule has 0 radical (unpaired) electrons. The fourth-order valence-electron chi connectivity index (χ4n) is 1.26. The maximum atomic E-state index is 9.24. The number of pyridine rings is 1. The molecule has 1 heterocycles. The normalized spacial score (nSPS) is 12.2. The third kappa shape index (κ3) is 3.45. The number of rotatable bonds is 4. The van der Waals surface area contributed by atoms with E-state index in [0.29, 0.717) is 12.2 Å². The van der Waals surface area contributed by atoms with E-state index in [0.717, 1.165) is 5.82 Å². The number of thiocarbonyl (C=S) groups is 1. The molecule has 0 aliphatic heterocycles. The minimum absolute atomic E-state index is 0.280. The van der Waals surface area contributed by atoms with Gasteiger partial charge in [0.15, 0.2) is 0 Å². The van der Waals surface area contributed by atoms with E-state index >= 15 is 0 Å². The molecule has 1 aromatic rings. The Bertz CT molecular complexity index is 354. The van der Waals surface area contributed by atoms with Crippen molar-refractivity contribution < 1.29 is 5.11 Å². The Hall–Kier alpha value is -1.20. The van der Waals surface area contributed by atoms with Crippen molar-refractivity contribution in [2.24, 2.45) is 5.73 Å². The van der Waals surface area contributed by atoms with Gasteiger partial charge in [0.2, 0.25) is 0 Å². The highest BCUT2D eigenvalue weighted by Crippen LogP contribution is 2.09. The van der Waals surface area contributed by atoms with E-state index in [-0.39, 0.29) is 4.99 Å². The van der Waals surface area contributed by atoms with Crippen molar-refractivity contribution in [2.75, 3.05) is 18.5 Å². The lowest BCUT2D eigenvalue weighted by atomic mass is 10.3. The molecule has 0 amide bonds.